The molecule has 0 atom stereocenters. The summed E-state index contributed by atoms with van der Waals surface area (Å²) in [6.45, 7) is 9.53. The van der Waals surface area contributed by atoms with Gasteiger partial charge in [-0.3, -0.25) is 4.98 Å². The third kappa shape index (κ3) is 4.04. The van der Waals surface area contributed by atoms with Crippen LogP contribution in [0.2, 0.25) is 0 Å². The fourth-order valence-corrected chi connectivity index (χ4v) is 10.4. The highest BCUT2D eigenvalue weighted by molar-refractivity contribution is 6.26. The van der Waals surface area contributed by atoms with Gasteiger partial charge in [-0.2, -0.15) is 0 Å². The summed E-state index contributed by atoms with van der Waals surface area (Å²) in [6.07, 6.45) is 1.94. The molecular formula is C53H39N3. The third-order valence-corrected chi connectivity index (χ3v) is 13.2. The molecule has 2 aliphatic rings. The smallest absolute Gasteiger partial charge is 0.0963 e. The number of benzene rings is 8. The maximum Gasteiger partial charge on any atom is 0.0963 e. The van der Waals surface area contributed by atoms with E-state index in [1.54, 1.807) is 0 Å². The topological polar surface area (TPSA) is 21.1 Å². The van der Waals surface area contributed by atoms with Gasteiger partial charge in [-0.1, -0.05) is 113 Å². The molecule has 1 aliphatic carbocycles. The number of hydrogen-bond acceptors (Lipinski definition) is 2. The Balaban J connectivity index is 1.13. The van der Waals surface area contributed by atoms with Crippen LogP contribution in [-0.2, 0) is 10.8 Å². The Bertz CT molecular complexity index is 3310. The van der Waals surface area contributed by atoms with Gasteiger partial charge in [0.25, 0.3) is 0 Å². The molecule has 0 saturated heterocycles. The Morgan fingerprint density at radius 1 is 0.393 bits per heavy atom. The molecular weight excluding hydrogens is 679 g/mol. The lowest BCUT2D eigenvalue weighted by Gasteiger charge is -2.42. The zero-order valence-corrected chi connectivity index (χ0v) is 31.9. The van der Waals surface area contributed by atoms with Gasteiger partial charge in [0, 0.05) is 33.8 Å². The van der Waals surface area contributed by atoms with Gasteiger partial charge in [-0.05, 0) is 138 Å². The predicted molar refractivity (Wildman–Crippen MR) is 235 cm³/mol. The Morgan fingerprint density at radius 2 is 0.964 bits per heavy atom. The number of rotatable bonds is 2. The van der Waals surface area contributed by atoms with Gasteiger partial charge in [-0.25, -0.2) is 0 Å². The summed E-state index contributed by atoms with van der Waals surface area (Å²) in [4.78, 5) is 7.49. The van der Waals surface area contributed by atoms with Crippen molar-refractivity contribution in [1.29, 1.82) is 0 Å². The number of pyridine rings is 1. The molecule has 3 heteroatoms. The van der Waals surface area contributed by atoms with Crippen molar-refractivity contribution in [2.24, 2.45) is 0 Å². The van der Waals surface area contributed by atoms with Gasteiger partial charge in [0.2, 0.25) is 0 Å². The zero-order valence-electron chi connectivity index (χ0n) is 31.9. The fraction of sp³-hybridized carbons (Fsp3) is 0.113. The van der Waals surface area contributed by atoms with Crippen LogP contribution in [0.1, 0.15) is 49.9 Å². The molecule has 0 fully saturated rings. The van der Waals surface area contributed by atoms with Crippen molar-refractivity contribution in [1.82, 2.24) is 9.55 Å². The van der Waals surface area contributed by atoms with Crippen LogP contribution in [0.15, 0.2) is 164 Å². The van der Waals surface area contributed by atoms with Crippen molar-refractivity contribution >= 4 is 71.3 Å². The van der Waals surface area contributed by atoms with Gasteiger partial charge in [0.15, 0.2) is 0 Å². The second kappa shape index (κ2) is 11.0. The lowest BCUT2D eigenvalue weighted by atomic mass is 9.73. The van der Waals surface area contributed by atoms with Gasteiger partial charge < -0.3 is 9.47 Å². The zero-order chi connectivity index (χ0) is 37.5. The Kier molecular flexibility index (Phi) is 6.19. The van der Waals surface area contributed by atoms with Crippen molar-refractivity contribution in [3.8, 4) is 16.8 Å². The van der Waals surface area contributed by atoms with Crippen molar-refractivity contribution in [2.45, 2.75) is 38.5 Å². The predicted octanol–water partition coefficient (Wildman–Crippen LogP) is 14.1. The summed E-state index contributed by atoms with van der Waals surface area (Å²) in [5.74, 6) is 0. The van der Waals surface area contributed by atoms with Gasteiger partial charge in [-0.15, -0.1) is 0 Å². The molecule has 0 amide bonds. The molecule has 0 bridgehead atoms. The first-order valence-corrected chi connectivity index (χ1v) is 19.7. The van der Waals surface area contributed by atoms with E-state index in [0.717, 1.165) is 22.4 Å². The molecule has 0 unspecified atom stereocenters. The highest BCUT2D eigenvalue weighted by Gasteiger charge is 2.39. The van der Waals surface area contributed by atoms with E-state index in [1.807, 2.05) is 6.20 Å². The lowest BCUT2D eigenvalue weighted by molar-refractivity contribution is 0.631. The Hall–Kier alpha value is -6.71. The quantitative estimate of drug-likeness (QED) is 0.166. The molecule has 8 aromatic carbocycles. The fourth-order valence-electron chi connectivity index (χ4n) is 10.4. The van der Waals surface area contributed by atoms with Crippen molar-refractivity contribution < 1.29 is 0 Å². The van der Waals surface area contributed by atoms with Gasteiger partial charge in [0.05, 0.1) is 27.9 Å². The van der Waals surface area contributed by atoms with Crippen molar-refractivity contribution in [2.75, 3.05) is 4.90 Å². The van der Waals surface area contributed by atoms with E-state index in [-0.39, 0.29) is 10.8 Å². The molecule has 266 valence electrons. The monoisotopic (exact) mass is 717 g/mol. The Morgan fingerprint density at radius 3 is 1.70 bits per heavy atom. The summed E-state index contributed by atoms with van der Waals surface area (Å²) >= 11 is 0. The molecule has 56 heavy (non-hydrogen) atoms. The van der Waals surface area contributed by atoms with E-state index >= 15 is 0 Å². The molecule has 3 heterocycles. The molecule has 12 rings (SSSR count). The molecule has 10 aromatic rings. The minimum Gasteiger partial charge on any atom is -0.310 e. The molecule has 0 spiro atoms. The summed E-state index contributed by atoms with van der Waals surface area (Å²) in [5, 5.41) is 9.05. The molecule has 0 radical (unpaired) electrons. The first kappa shape index (κ1) is 31.6. The SMILES string of the molecule is CC1(C)c2cc3c4ccccc4c4ccccc4c3cc2-c2cc3c(cc21)c1ncccc1n3-c1ccc2c(c1)C(C)(C)c1ccccc1N2c1ccccc1. The highest BCUT2D eigenvalue weighted by atomic mass is 15.2. The summed E-state index contributed by atoms with van der Waals surface area (Å²) in [6, 6.07) is 58.7. The van der Waals surface area contributed by atoms with E-state index in [9.17, 15) is 0 Å². The van der Waals surface area contributed by atoms with Crippen molar-refractivity contribution in [3.05, 3.63) is 186 Å². The average molecular weight is 718 g/mol. The normalized spacial score (nSPS) is 15.0. The van der Waals surface area contributed by atoms with E-state index in [1.165, 1.54) is 88.0 Å². The first-order chi connectivity index (χ1) is 27.3. The Labute approximate surface area is 326 Å². The molecule has 1 aliphatic heterocycles. The van der Waals surface area contributed by atoms with Crippen LogP contribution in [0, 0.1) is 0 Å². The van der Waals surface area contributed by atoms with Crippen LogP contribution in [0.4, 0.5) is 17.1 Å². The number of para-hydroxylation sites is 2. The number of anilines is 3. The standard InChI is InChI=1S/C53H39N3/c1-52(2)43-21-12-13-22-47(43)55(32-15-6-5-7-16-32)48-25-24-33(27-46(48)52)56-49-23-14-26-54-51(49)42-30-45-41(31-50(42)56)40-28-38-36-19-10-8-17-34(36)35-18-9-11-20-37(35)39(38)29-44(40)53(45,3)4/h5-31H,1-4H3. The first-order valence-electron chi connectivity index (χ1n) is 19.7. The van der Waals surface area contributed by atoms with Crippen LogP contribution in [0.25, 0.3) is 71.1 Å². The van der Waals surface area contributed by atoms with E-state index in [0.29, 0.717) is 0 Å². The largest absolute Gasteiger partial charge is 0.310 e. The number of hydrogen-bond donors (Lipinski definition) is 0. The molecule has 2 aromatic heterocycles. The molecule has 0 N–H and O–H groups in total. The van der Waals surface area contributed by atoms with E-state index < -0.39 is 0 Å². The minimum absolute atomic E-state index is 0.187. The third-order valence-electron chi connectivity index (χ3n) is 13.2. The van der Waals surface area contributed by atoms with E-state index in [4.69, 9.17) is 4.98 Å². The maximum absolute atomic E-state index is 5.06. The summed E-state index contributed by atoms with van der Waals surface area (Å²) in [5.41, 5.74) is 15.7. The maximum atomic E-state index is 5.06. The number of nitrogens with zero attached hydrogens (tertiary/aromatic N) is 3. The second-order valence-corrected chi connectivity index (χ2v) is 16.8. The summed E-state index contributed by atoms with van der Waals surface area (Å²) in [7, 11) is 0. The highest BCUT2D eigenvalue weighted by Crippen LogP contribution is 2.55. The van der Waals surface area contributed by atoms with Crippen LogP contribution >= 0.6 is 0 Å². The van der Waals surface area contributed by atoms with Crippen LogP contribution in [0.5, 0.6) is 0 Å². The minimum atomic E-state index is -0.220. The van der Waals surface area contributed by atoms with Gasteiger partial charge in [0.1, 0.15) is 0 Å². The summed E-state index contributed by atoms with van der Waals surface area (Å²) < 4.78 is 2.45. The number of aromatic nitrogens is 2. The second-order valence-electron chi connectivity index (χ2n) is 16.8. The molecule has 3 nitrogen and oxygen atoms in total. The average Bonchev–Trinajstić information content (AvgIpc) is 3.67. The van der Waals surface area contributed by atoms with E-state index in [2.05, 4.69) is 195 Å². The van der Waals surface area contributed by atoms with Crippen LogP contribution in [0.3, 0.4) is 0 Å². The number of fused-ring (bicyclic) bond motifs is 14. The lowest BCUT2D eigenvalue weighted by Crippen LogP contribution is -2.30. The van der Waals surface area contributed by atoms with Crippen molar-refractivity contribution in [3.63, 3.8) is 0 Å². The van der Waals surface area contributed by atoms with Crippen LogP contribution < -0.4 is 4.90 Å². The molecule has 0 saturated carbocycles. The van der Waals surface area contributed by atoms with Crippen LogP contribution in [-0.4, -0.2) is 9.55 Å². The van der Waals surface area contributed by atoms with Gasteiger partial charge >= 0.3 is 0 Å².